The highest BCUT2D eigenvalue weighted by atomic mass is 79.9. The van der Waals surface area contributed by atoms with E-state index in [2.05, 4.69) is 36.9 Å². The van der Waals surface area contributed by atoms with Gasteiger partial charge in [0.1, 0.15) is 0 Å². The van der Waals surface area contributed by atoms with Crippen molar-refractivity contribution in [1.82, 2.24) is 15.0 Å². The molecule has 8 heteroatoms. The van der Waals surface area contributed by atoms with Crippen molar-refractivity contribution >= 4 is 27.9 Å². The van der Waals surface area contributed by atoms with E-state index in [-0.39, 0.29) is 0 Å². The summed E-state index contributed by atoms with van der Waals surface area (Å²) in [4.78, 5) is 30.3. The lowest BCUT2D eigenvalue weighted by atomic mass is 10.1. The summed E-state index contributed by atoms with van der Waals surface area (Å²) in [5, 5.41) is 15.6. The molecule has 0 aliphatic carbocycles. The lowest BCUT2D eigenvalue weighted by molar-refractivity contribution is -0.134. The number of nitrogens with one attached hydrogen (secondary N) is 1. The fourth-order valence-electron chi connectivity index (χ4n) is 1.44. The first-order valence-corrected chi connectivity index (χ1v) is 6.97. The van der Waals surface area contributed by atoms with E-state index < -0.39 is 11.9 Å². The summed E-state index contributed by atoms with van der Waals surface area (Å²) in [5.41, 5.74) is 2.39. The summed E-state index contributed by atoms with van der Waals surface area (Å²) in [6.45, 7) is 0. The Kier molecular flexibility index (Phi) is 7.55. The van der Waals surface area contributed by atoms with Gasteiger partial charge in [0.15, 0.2) is 0 Å². The van der Waals surface area contributed by atoms with Crippen LogP contribution in [-0.2, 0) is 22.4 Å². The van der Waals surface area contributed by atoms with Crippen molar-refractivity contribution in [3.63, 3.8) is 0 Å². The van der Waals surface area contributed by atoms with Gasteiger partial charge in [0.25, 0.3) is 0 Å². The van der Waals surface area contributed by atoms with E-state index >= 15 is 0 Å². The molecule has 3 N–H and O–H groups in total. The van der Waals surface area contributed by atoms with E-state index in [1.54, 1.807) is 12.5 Å². The molecule has 2 rings (SSSR count). The van der Waals surface area contributed by atoms with Crippen LogP contribution in [0, 0.1) is 0 Å². The van der Waals surface area contributed by atoms with Gasteiger partial charge in [-0.1, -0.05) is 0 Å². The molecule has 2 aromatic heterocycles. The third kappa shape index (κ3) is 7.95. The Bertz CT molecular complexity index is 625. The molecule has 0 unspecified atom stereocenters. The molecule has 0 aromatic carbocycles. The molecule has 0 aliphatic heterocycles. The average molecular weight is 368 g/mol. The molecule has 7 nitrogen and oxygen atoms in total. The molecule has 0 bridgehead atoms. The third-order valence-corrected chi connectivity index (χ3v) is 2.80. The van der Waals surface area contributed by atoms with Crippen LogP contribution in [0.2, 0.25) is 0 Å². The summed E-state index contributed by atoms with van der Waals surface area (Å²) >= 11 is 3.40. The lowest BCUT2D eigenvalue weighted by Crippen LogP contribution is -1.92. The highest BCUT2D eigenvalue weighted by Gasteiger charge is 1.97. The highest BCUT2D eigenvalue weighted by Crippen LogP contribution is 2.11. The smallest absolute Gasteiger partial charge is 0.328 e. The summed E-state index contributed by atoms with van der Waals surface area (Å²) in [6, 6.07) is 2.09. The fraction of sp³-hybridized carbons (Fsp3) is 0.143. The van der Waals surface area contributed by atoms with Gasteiger partial charge in [-0.2, -0.15) is 0 Å². The maximum Gasteiger partial charge on any atom is 0.328 e. The zero-order valence-electron chi connectivity index (χ0n) is 11.4. The quantitative estimate of drug-likeness (QED) is 0.696. The summed E-state index contributed by atoms with van der Waals surface area (Å²) in [6.07, 6.45) is 10.3. The Labute approximate surface area is 134 Å². The van der Waals surface area contributed by atoms with Crippen molar-refractivity contribution in [2.75, 3.05) is 0 Å². The molecule has 2 aromatic rings. The van der Waals surface area contributed by atoms with Gasteiger partial charge in [0.2, 0.25) is 0 Å². The van der Waals surface area contributed by atoms with E-state index in [4.69, 9.17) is 10.2 Å². The molecule has 0 fully saturated rings. The standard InChI is InChI=1S/C10H10BrN3.C4H4O4/c11-9-3-8(4-12-5-9)1-2-10-6-13-7-14-10;5-3(6)1-2-4(7)8/h3-7H,1-2H2,(H,13,14);1-2H,(H,5,6)(H,7,8)/b;2-1+. The lowest BCUT2D eigenvalue weighted by Gasteiger charge is -1.99. The second-order valence-electron chi connectivity index (χ2n) is 4.10. The summed E-state index contributed by atoms with van der Waals surface area (Å²) in [7, 11) is 0. The zero-order valence-corrected chi connectivity index (χ0v) is 13.0. The topological polar surface area (TPSA) is 116 Å². The van der Waals surface area contributed by atoms with Crippen molar-refractivity contribution < 1.29 is 19.8 Å². The van der Waals surface area contributed by atoms with E-state index in [0.29, 0.717) is 12.2 Å². The molecule has 22 heavy (non-hydrogen) atoms. The first-order chi connectivity index (χ1) is 10.5. The van der Waals surface area contributed by atoms with Gasteiger partial charge in [-0.3, -0.25) is 4.98 Å². The maximum absolute atomic E-state index is 9.55. The number of pyridine rings is 1. The SMILES string of the molecule is Brc1cncc(CCc2cnc[nH]2)c1.O=C(O)/C=C/C(=O)O. The first-order valence-electron chi connectivity index (χ1n) is 6.18. The number of aliphatic carboxylic acids is 2. The van der Waals surface area contributed by atoms with E-state index in [9.17, 15) is 9.59 Å². The monoisotopic (exact) mass is 367 g/mol. The summed E-state index contributed by atoms with van der Waals surface area (Å²) < 4.78 is 1.03. The number of aromatic amines is 1. The van der Waals surface area contributed by atoms with Crippen LogP contribution in [0.5, 0.6) is 0 Å². The van der Waals surface area contributed by atoms with Crippen LogP contribution in [0.3, 0.4) is 0 Å². The molecule has 2 heterocycles. The Morgan fingerprint density at radius 2 is 1.77 bits per heavy atom. The number of nitrogens with zero attached hydrogens (tertiary/aromatic N) is 2. The van der Waals surface area contributed by atoms with Crippen molar-refractivity contribution in [1.29, 1.82) is 0 Å². The number of hydrogen-bond acceptors (Lipinski definition) is 4. The predicted octanol–water partition coefficient (Wildman–Crippen LogP) is 2.06. The van der Waals surface area contributed by atoms with Crippen molar-refractivity contribution in [2.45, 2.75) is 12.8 Å². The van der Waals surface area contributed by atoms with Gasteiger partial charge in [-0.25, -0.2) is 14.6 Å². The number of halogens is 1. The van der Waals surface area contributed by atoms with E-state index in [1.807, 2.05) is 12.4 Å². The van der Waals surface area contributed by atoms with Gasteiger partial charge in [0, 0.05) is 40.9 Å². The number of aryl methyl sites for hydroxylation is 2. The van der Waals surface area contributed by atoms with Gasteiger partial charge in [0.05, 0.1) is 6.33 Å². The second-order valence-corrected chi connectivity index (χ2v) is 5.01. The minimum atomic E-state index is -1.26. The number of carboxylic acid groups (broad SMARTS) is 2. The number of H-pyrrole nitrogens is 1. The van der Waals surface area contributed by atoms with E-state index in [1.165, 1.54) is 5.56 Å². The zero-order chi connectivity index (χ0) is 16.4. The molecule has 0 aliphatic rings. The normalized spacial score (nSPS) is 10.0. The predicted molar refractivity (Wildman–Crippen MR) is 82.3 cm³/mol. The minimum Gasteiger partial charge on any atom is -0.478 e. The van der Waals surface area contributed by atoms with E-state index in [0.717, 1.165) is 23.0 Å². The third-order valence-electron chi connectivity index (χ3n) is 2.37. The fourth-order valence-corrected chi connectivity index (χ4v) is 1.85. The van der Waals surface area contributed by atoms with Crippen LogP contribution in [0.1, 0.15) is 11.3 Å². The molecular weight excluding hydrogens is 354 g/mol. The second kappa shape index (κ2) is 9.46. The van der Waals surface area contributed by atoms with Crippen LogP contribution in [-0.4, -0.2) is 37.1 Å². The average Bonchev–Trinajstić information content (AvgIpc) is 2.97. The van der Waals surface area contributed by atoms with Crippen LogP contribution in [0.25, 0.3) is 0 Å². The Morgan fingerprint density at radius 3 is 2.27 bits per heavy atom. The Morgan fingerprint density at radius 1 is 1.09 bits per heavy atom. The van der Waals surface area contributed by atoms with Gasteiger partial charge in [-0.15, -0.1) is 0 Å². The van der Waals surface area contributed by atoms with Crippen molar-refractivity contribution in [3.8, 4) is 0 Å². The van der Waals surface area contributed by atoms with Crippen molar-refractivity contribution in [2.24, 2.45) is 0 Å². The number of carbonyl (C=O) groups is 2. The highest BCUT2D eigenvalue weighted by molar-refractivity contribution is 9.10. The number of hydrogen-bond donors (Lipinski definition) is 3. The number of rotatable bonds is 5. The van der Waals surface area contributed by atoms with Gasteiger partial charge >= 0.3 is 11.9 Å². The molecule has 0 atom stereocenters. The maximum atomic E-state index is 9.55. The molecule has 0 amide bonds. The van der Waals surface area contributed by atoms with Crippen LogP contribution in [0.4, 0.5) is 0 Å². The van der Waals surface area contributed by atoms with Crippen LogP contribution in [0.15, 0.2) is 47.6 Å². The molecule has 0 saturated carbocycles. The number of carboxylic acids is 2. The van der Waals surface area contributed by atoms with Gasteiger partial charge < -0.3 is 15.2 Å². The first kappa shape index (κ1) is 17.6. The molecule has 0 saturated heterocycles. The largest absolute Gasteiger partial charge is 0.478 e. The Balaban J connectivity index is 0.000000261. The van der Waals surface area contributed by atoms with Crippen molar-refractivity contribution in [3.05, 3.63) is 58.9 Å². The van der Waals surface area contributed by atoms with Gasteiger partial charge in [-0.05, 0) is 40.4 Å². The summed E-state index contributed by atoms with van der Waals surface area (Å²) in [5.74, 6) is -2.51. The molecule has 116 valence electrons. The number of aromatic nitrogens is 3. The van der Waals surface area contributed by atoms with Crippen LogP contribution < -0.4 is 0 Å². The van der Waals surface area contributed by atoms with Crippen LogP contribution >= 0.6 is 15.9 Å². The molecule has 0 spiro atoms. The molecule has 0 radical (unpaired) electrons. The Hall–Kier alpha value is -2.48. The minimum absolute atomic E-state index is 0.558. The number of imidazole rings is 1. The molecular formula is C14H14BrN3O4.